The number of nitrogens with two attached hydrogens (primary N) is 1. The zero-order valence-electron chi connectivity index (χ0n) is 11.1. The Bertz CT molecular complexity index is 539. The quantitative estimate of drug-likeness (QED) is 0.650. The van der Waals surface area contributed by atoms with Crippen LogP contribution in [0.25, 0.3) is 0 Å². The monoisotopic (exact) mass is 367 g/mol. The molecular formula is C12H12Cl2F5NO2. The molecule has 0 radical (unpaired) electrons. The summed E-state index contributed by atoms with van der Waals surface area (Å²) >= 11 is 5.39. The van der Waals surface area contributed by atoms with Gasteiger partial charge in [-0.25, -0.2) is 13.6 Å². The van der Waals surface area contributed by atoms with E-state index in [1.165, 1.54) is 6.92 Å². The molecule has 3 nitrogen and oxygen atoms in total. The van der Waals surface area contributed by atoms with Crippen LogP contribution in [0.15, 0.2) is 12.1 Å². The van der Waals surface area contributed by atoms with Crippen LogP contribution in [-0.2, 0) is 15.7 Å². The number of esters is 1. The van der Waals surface area contributed by atoms with Crippen molar-refractivity contribution in [3.05, 3.63) is 34.1 Å². The SMILES string of the molecule is CCOC(=O)C(F)[C@@H](N)c1c(C(F)(F)F)ccc(Cl)c1F.Cl. The molecular weight excluding hydrogens is 356 g/mol. The maximum atomic E-state index is 13.8. The zero-order valence-corrected chi connectivity index (χ0v) is 12.7. The summed E-state index contributed by atoms with van der Waals surface area (Å²) in [6, 6.07) is -1.05. The smallest absolute Gasteiger partial charge is 0.416 e. The van der Waals surface area contributed by atoms with Gasteiger partial charge in [0, 0.05) is 5.56 Å². The summed E-state index contributed by atoms with van der Waals surface area (Å²) in [5.74, 6) is -3.00. The summed E-state index contributed by atoms with van der Waals surface area (Å²) in [5, 5.41) is -0.662. The second kappa shape index (κ2) is 7.94. The van der Waals surface area contributed by atoms with Crippen LogP contribution in [0.2, 0.25) is 5.02 Å². The van der Waals surface area contributed by atoms with Crippen LogP contribution >= 0.6 is 24.0 Å². The molecule has 126 valence electrons. The molecule has 2 N–H and O–H groups in total. The van der Waals surface area contributed by atoms with Crippen molar-refractivity contribution in [1.82, 2.24) is 0 Å². The fraction of sp³-hybridized carbons (Fsp3) is 0.417. The molecule has 22 heavy (non-hydrogen) atoms. The van der Waals surface area contributed by atoms with Gasteiger partial charge in [-0.05, 0) is 19.1 Å². The highest BCUT2D eigenvalue weighted by molar-refractivity contribution is 6.30. The number of benzene rings is 1. The first kappa shape index (κ1) is 20.9. The first-order chi connectivity index (χ1) is 9.61. The van der Waals surface area contributed by atoms with Crippen molar-refractivity contribution in [3.8, 4) is 0 Å². The lowest BCUT2D eigenvalue weighted by Gasteiger charge is -2.21. The molecule has 1 rings (SSSR count). The number of alkyl halides is 4. The summed E-state index contributed by atoms with van der Waals surface area (Å²) in [7, 11) is 0. The maximum Gasteiger partial charge on any atom is 0.416 e. The molecule has 0 bridgehead atoms. The Morgan fingerprint density at radius 2 is 1.95 bits per heavy atom. The molecule has 0 saturated heterocycles. The van der Waals surface area contributed by atoms with Gasteiger partial charge in [-0.2, -0.15) is 13.2 Å². The Morgan fingerprint density at radius 3 is 2.41 bits per heavy atom. The van der Waals surface area contributed by atoms with Gasteiger partial charge in [0.25, 0.3) is 0 Å². The second-order valence-corrected chi connectivity index (χ2v) is 4.41. The lowest BCUT2D eigenvalue weighted by Crippen LogP contribution is -2.34. The van der Waals surface area contributed by atoms with E-state index in [9.17, 15) is 26.7 Å². The predicted octanol–water partition coefficient (Wildman–Crippen LogP) is 3.82. The minimum absolute atomic E-state index is 0. The molecule has 0 aromatic heterocycles. The average molecular weight is 368 g/mol. The Balaban J connectivity index is 0.00000441. The minimum atomic E-state index is -4.98. The third-order valence-corrected chi connectivity index (χ3v) is 2.89. The van der Waals surface area contributed by atoms with Gasteiger partial charge >= 0.3 is 12.1 Å². The van der Waals surface area contributed by atoms with E-state index in [0.717, 1.165) is 0 Å². The molecule has 0 fully saturated rings. The molecule has 1 unspecified atom stereocenters. The number of halogens is 7. The van der Waals surface area contributed by atoms with Gasteiger partial charge in [0.1, 0.15) is 5.82 Å². The Morgan fingerprint density at radius 1 is 1.41 bits per heavy atom. The highest BCUT2D eigenvalue weighted by Crippen LogP contribution is 2.38. The van der Waals surface area contributed by atoms with E-state index in [1.54, 1.807) is 0 Å². The molecule has 10 heteroatoms. The molecule has 2 atom stereocenters. The Labute approximate surface area is 134 Å². The van der Waals surface area contributed by atoms with Gasteiger partial charge in [0.15, 0.2) is 0 Å². The van der Waals surface area contributed by atoms with Crippen molar-refractivity contribution in [2.45, 2.75) is 25.3 Å². The van der Waals surface area contributed by atoms with E-state index in [2.05, 4.69) is 4.74 Å². The summed E-state index contributed by atoms with van der Waals surface area (Å²) in [4.78, 5) is 11.2. The van der Waals surface area contributed by atoms with Crippen LogP contribution in [0.3, 0.4) is 0 Å². The van der Waals surface area contributed by atoms with E-state index in [1.807, 2.05) is 0 Å². The largest absolute Gasteiger partial charge is 0.464 e. The summed E-state index contributed by atoms with van der Waals surface area (Å²) in [6.07, 6.45) is -7.63. The Hall–Kier alpha value is -1.12. The van der Waals surface area contributed by atoms with Crippen LogP contribution < -0.4 is 5.73 Å². The molecule has 1 aromatic rings. The first-order valence-corrected chi connectivity index (χ1v) is 6.10. The van der Waals surface area contributed by atoms with Gasteiger partial charge in [0.2, 0.25) is 6.17 Å². The Kier molecular flexibility index (Phi) is 7.53. The third kappa shape index (κ3) is 4.44. The normalized spacial score (nSPS) is 14.0. The average Bonchev–Trinajstić information content (AvgIpc) is 2.39. The number of hydrogen-bond donors (Lipinski definition) is 1. The lowest BCUT2D eigenvalue weighted by atomic mass is 9.96. The van der Waals surface area contributed by atoms with Crippen LogP contribution in [0, 0.1) is 5.82 Å². The zero-order chi connectivity index (χ0) is 16.4. The van der Waals surface area contributed by atoms with Crippen LogP contribution in [0.4, 0.5) is 22.0 Å². The maximum absolute atomic E-state index is 13.8. The fourth-order valence-electron chi connectivity index (χ4n) is 1.65. The highest BCUT2D eigenvalue weighted by atomic mass is 35.5. The summed E-state index contributed by atoms with van der Waals surface area (Å²) in [6.45, 7) is 1.17. The molecule has 0 saturated carbocycles. The second-order valence-electron chi connectivity index (χ2n) is 4.00. The van der Waals surface area contributed by atoms with Gasteiger partial charge < -0.3 is 10.5 Å². The first-order valence-electron chi connectivity index (χ1n) is 5.72. The summed E-state index contributed by atoms with van der Waals surface area (Å²) in [5.41, 5.74) is 2.55. The van der Waals surface area contributed by atoms with Gasteiger partial charge in [-0.3, -0.25) is 0 Å². The number of rotatable bonds is 4. The molecule has 0 heterocycles. The van der Waals surface area contributed by atoms with E-state index < -0.39 is 46.3 Å². The minimum Gasteiger partial charge on any atom is -0.464 e. The van der Waals surface area contributed by atoms with Gasteiger partial charge in [-0.1, -0.05) is 11.6 Å². The number of carbonyl (C=O) groups excluding carboxylic acids is 1. The molecule has 1 aromatic carbocycles. The van der Waals surface area contributed by atoms with Crippen molar-refractivity contribution in [2.24, 2.45) is 5.73 Å². The van der Waals surface area contributed by atoms with E-state index in [4.69, 9.17) is 17.3 Å². The predicted molar refractivity (Wildman–Crippen MR) is 72.1 cm³/mol. The van der Waals surface area contributed by atoms with E-state index >= 15 is 0 Å². The third-order valence-electron chi connectivity index (χ3n) is 2.60. The molecule has 0 aliphatic carbocycles. The van der Waals surface area contributed by atoms with Gasteiger partial charge in [-0.15, -0.1) is 12.4 Å². The van der Waals surface area contributed by atoms with Crippen molar-refractivity contribution in [1.29, 1.82) is 0 Å². The fourth-order valence-corrected chi connectivity index (χ4v) is 1.82. The topological polar surface area (TPSA) is 52.3 Å². The number of carbonyl (C=O) groups is 1. The molecule has 0 spiro atoms. The van der Waals surface area contributed by atoms with Crippen molar-refractivity contribution in [3.63, 3.8) is 0 Å². The highest BCUT2D eigenvalue weighted by Gasteiger charge is 2.40. The molecule has 0 aliphatic heterocycles. The van der Waals surface area contributed by atoms with E-state index in [-0.39, 0.29) is 19.0 Å². The van der Waals surface area contributed by atoms with Crippen molar-refractivity contribution >= 4 is 30.0 Å². The van der Waals surface area contributed by atoms with Crippen LogP contribution in [0.1, 0.15) is 24.1 Å². The molecule has 0 aliphatic rings. The van der Waals surface area contributed by atoms with Crippen molar-refractivity contribution < 1.29 is 31.5 Å². The number of ether oxygens (including phenoxy) is 1. The van der Waals surface area contributed by atoms with Crippen molar-refractivity contribution in [2.75, 3.05) is 6.61 Å². The van der Waals surface area contributed by atoms with Crippen LogP contribution in [0.5, 0.6) is 0 Å². The van der Waals surface area contributed by atoms with Crippen LogP contribution in [-0.4, -0.2) is 18.7 Å². The van der Waals surface area contributed by atoms with E-state index in [0.29, 0.717) is 12.1 Å². The summed E-state index contributed by atoms with van der Waals surface area (Å²) < 4.78 is 70.4. The lowest BCUT2D eigenvalue weighted by molar-refractivity contribution is -0.150. The number of hydrogen-bond acceptors (Lipinski definition) is 3. The standard InChI is InChI=1S/C12H11ClF5NO2.ClH/c1-2-21-11(20)9(15)10(19)7-5(12(16,17)18)3-4-6(13)8(7)14;/h3-4,9-10H,2,19H2,1H3;1H/t9?,10-;/m0./s1. The molecule has 0 amide bonds. The van der Waals surface area contributed by atoms with Gasteiger partial charge in [0.05, 0.1) is 23.2 Å².